The van der Waals surface area contributed by atoms with E-state index < -0.39 is 35.5 Å². The number of alkyl halides is 1. The number of aliphatic hydroxyl groups excluding tert-OH is 1. The van der Waals surface area contributed by atoms with Gasteiger partial charge in [0.2, 0.25) is 0 Å². The Morgan fingerprint density at radius 2 is 1.45 bits per heavy atom. The topological polar surface area (TPSA) is 141 Å². The molecule has 0 saturated carbocycles. The number of methoxy groups -OCH3 is 2. The van der Waals surface area contributed by atoms with E-state index >= 15 is 4.39 Å². The Morgan fingerprint density at radius 3 is 2.04 bits per heavy atom. The van der Waals surface area contributed by atoms with Crippen LogP contribution in [0.15, 0.2) is 116 Å². The molecule has 1 aliphatic heterocycles. The lowest BCUT2D eigenvalue weighted by Gasteiger charge is -2.37. The van der Waals surface area contributed by atoms with Gasteiger partial charge in [-0.25, -0.2) is 19.3 Å². The van der Waals surface area contributed by atoms with Crippen LogP contribution in [0.2, 0.25) is 0 Å². The van der Waals surface area contributed by atoms with Crippen LogP contribution in [-0.4, -0.2) is 69.7 Å². The lowest BCUT2D eigenvalue weighted by Crippen LogP contribution is -2.42. The quantitative estimate of drug-likeness (QED) is 0.137. The molecule has 11 nitrogen and oxygen atoms in total. The van der Waals surface area contributed by atoms with Crippen LogP contribution < -0.4 is 14.8 Å². The van der Waals surface area contributed by atoms with Crippen molar-refractivity contribution in [3.05, 3.63) is 144 Å². The van der Waals surface area contributed by atoms with Crippen molar-refractivity contribution < 1.29 is 33.2 Å². The molecule has 4 atom stereocenters. The van der Waals surface area contributed by atoms with Crippen molar-refractivity contribution >= 4 is 22.9 Å². The van der Waals surface area contributed by atoms with Crippen LogP contribution in [0.4, 0.5) is 10.2 Å². The molecule has 0 spiro atoms. The lowest BCUT2D eigenvalue weighted by atomic mass is 9.80. The van der Waals surface area contributed by atoms with Crippen molar-refractivity contribution in [1.29, 1.82) is 0 Å². The Morgan fingerprint density at radius 1 is 0.882 bits per heavy atom. The summed E-state index contributed by atoms with van der Waals surface area (Å²) in [6.45, 7) is 1.01. The first kappa shape index (κ1) is 33.8. The highest BCUT2D eigenvalue weighted by molar-refractivity contribution is 6.06. The Bertz CT molecular complexity index is 2060. The van der Waals surface area contributed by atoms with Crippen LogP contribution >= 0.6 is 0 Å². The molecule has 0 unspecified atom stereocenters. The van der Waals surface area contributed by atoms with Crippen LogP contribution in [0, 0.1) is 0 Å². The van der Waals surface area contributed by atoms with E-state index in [1.165, 1.54) is 13.3 Å². The second-order valence-corrected chi connectivity index (χ2v) is 12.3. The molecular formula is C39H36FN5O6. The van der Waals surface area contributed by atoms with Crippen LogP contribution in [0.3, 0.4) is 0 Å². The van der Waals surface area contributed by atoms with Crippen LogP contribution in [0.5, 0.6) is 11.5 Å². The number of aromatic nitrogens is 4. The number of carbonyl (C=O) groups is 1. The van der Waals surface area contributed by atoms with Gasteiger partial charge in [0, 0.05) is 5.56 Å². The Balaban J connectivity index is 1.24. The van der Waals surface area contributed by atoms with E-state index in [1.807, 2.05) is 78.9 Å². The number of hydrogen-bond donors (Lipinski definition) is 3. The van der Waals surface area contributed by atoms with E-state index in [-0.39, 0.29) is 23.9 Å². The molecule has 1 saturated heterocycles. The van der Waals surface area contributed by atoms with Gasteiger partial charge in [-0.15, -0.1) is 0 Å². The van der Waals surface area contributed by atoms with E-state index in [2.05, 4.69) is 25.3 Å². The fourth-order valence-corrected chi connectivity index (χ4v) is 6.45. The minimum Gasteiger partial charge on any atom is -0.497 e. The molecule has 260 valence electrons. The van der Waals surface area contributed by atoms with Crippen molar-refractivity contribution in [3.8, 4) is 11.5 Å². The number of H-pyrrole nitrogens is 1. The number of anilines is 1. The first-order valence-corrected chi connectivity index (χ1v) is 16.3. The lowest BCUT2D eigenvalue weighted by molar-refractivity contribution is -0.0837. The number of aliphatic hydroxyl groups is 1. The molecule has 0 aliphatic carbocycles. The van der Waals surface area contributed by atoms with Gasteiger partial charge in [0.1, 0.15) is 34.8 Å². The van der Waals surface area contributed by atoms with Gasteiger partial charge in [-0.2, -0.15) is 0 Å². The van der Waals surface area contributed by atoms with Gasteiger partial charge in [0.05, 0.1) is 27.2 Å². The van der Waals surface area contributed by atoms with E-state index in [0.29, 0.717) is 22.6 Å². The van der Waals surface area contributed by atoms with Gasteiger partial charge in [0.15, 0.2) is 29.1 Å². The number of rotatable bonds is 11. The number of ether oxygens (including phenoxy) is 4. The molecule has 12 heteroatoms. The average molecular weight is 690 g/mol. The SMILES string of the molecule is COc1ccc(C(OC[C@H]2O[C@H](c3nc(NC(=O)c4ccccc4)c4[nH]cnc4n3)[C@](C)(F)[C@@H]2O)(c2ccccc2)c2ccc(OC)cc2)cc1. The number of carbonyl (C=O) groups excluding carboxylic acids is 1. The van der Waals surface area contributed by atoms with E-state index in [9.17, 15) is 9.90 Å². The zero-order valence-corrected chi connectivity index (χ0v) is 28.1. The summed E-state index contributed by atoms with van der Waals surface area (Å²) in [5.74, 6) is 0.900. The van der Waals surface area contributed by atoms with Gasteiger partial charge in [0.25, 0.3) is 5.91 Å². The maximum atomic E-state index is 16.7. The summed E-state index contributed by atoms with van der Waals surface area (Å²) in [5.41, 5.74) is -0.315. The molecule has 2 aromatic heterocycles. The number of benzene rings is 4. The predicted octanol–water partition coefficient (Wildman–Crippen LogP) is 6.16. The van der Waals surface area contributed by atoms with Crippen molar-refractivity contribution in [2.24, 2.45) is 0 Å². The Hall–Kier alpha value is -5.69. The summed E-state index contributed by atoms with van der Waals surface area (Å²) in [4.78, 5) is 29.2. The Labute approximate surface area is 293 Å². The van der Waals surface area contributed by atoms with Gasteiger partial charge < -0.3 is 34.4 Å². The van der Waals surface area contributed by atoms with Crippen molar-refractivity contribution in [1.82, 2.24) is 19.9 Å². The summed E-state index contributed by atoms with van der Waals surface area (Å²) in [5, 5.41) is 14.2. The van der Waals surface area contributed by atoms with Crippen LogP contribution in [-0.2, 0) is 15.1 Å². The summed E-state index contributed by atoms with van der Waals surface area (Å²) in [7, 11) is 3.19. The maximum absolute atomic E-state index is 16.7. The molecule has 3 heterocycles. The molecule has 6 aromatic rings. The van der Waals surface area contributed by atoms with Crippen molar-refractivity contribution in [2.75, 3.05) is 26.1 Å². The zero-order chi connectivity index (χ0) is 35.6. The third-order valence-corrected chi connectivity index (χ3v) is 9.20. The number of imidazole rings is 1. The molecule has 0 radical (unpaired) electrons. The largest absolute Gasteiger partial charge is 0.497 e. The molecular weight excluding hydrogens is 653 g/mol. The normalized spacial score (nSPS) is 20.3. The second kappa shape index (κ2) is 13.9. The third kappa shape index (κ3) is 6.29. The van der Waals surface area contributed by atoms with Gasteiger partial charge >= 0.3 is 0 Å². The van der Waals surface area contributed by atoms with Gasteiger partial charge in [-0.3, -0.25) is 4.79 Å². The highest BCUT2D eigenvalue weighted by Gasteiger charge is 2.56. The number of aromatic amines is 1. The minimum absolute atomic E-state index is 0.0934. The number of nitrogens with one attached hydrogen (secondary N) is 2. The molecule has 1 aliphatic rings. The number of nitrogens with zero attached hydrogens (tertiary/aromatic N) is 3. The fraction of sp³-hybridized carbons (Fsp3) is 0.231. The molecule has 0 bridgehead atoms. The predicted molar refractivity (Wildman–Crippen MR) is 187 cm³/mol. The molecule has 1 fully saturated rings. The van der Waals surface area contributed by atoms with Gasteiger partial charge in [-0.05, 0) is 60.0 Å². The summed E-state index contributed by atoms with van der Waals surface area (Å²) in [6, 6.07) is 33.2. The first-order chi connectivity index (χ1) is 24.7. The maximum Gasteiger partial charge on any atom is 0.256 e. The molecule has 51 heavy (non-hydrogen) atoms. The second-order valence-electron chi connectivity index (χ2n) is 12.3. The number of amides is 1. The summed E-state index contributed by atoms with van der Waals surface area (Å²) >= 11 is 0. The summed E-state index contributed by atoms with van der Waals surface area (Å²) < 4.78 is 40.7. The monoisotopic (exact) mass is 689 g/mol. The van der Waals surface area contributed by atoms with Crippen molar-refractivity contribution in [3.63, 3.8) is 0 Å². The zero-order valence-electron chi connectivity index (χ0n) is 28.1. The average Bonchev–Trinajstić information content (AvgIpc) is 3.74. The molecule has 1 amide bonds. The highest BCUT2D eigenvalue weighted by Crippen LogP contribution is 2.46. The highest BCUT2D eigenvalue weighted by atomic mass is 19.1. The van der Waals surface area contributed by atoms with E-state index in [0.717, 1.165) is 16.7 Å². The standard InChI is InChI=1S/C39H36FN5O6/c1-38(40)32(46)30(51-33(38)36-43-34-31(41-23-42-34)35(44-36)45-37(47)24-10-6-4-7-11-24)22-50-39(25-12-8-5-9-13-25,26-14-18-28(48-2)19-15-26)27-16-20-29(49-3)21-17-27/h4-21,23,30,32-33,46H,22H2,1-3H3,(H2,41,42,43,44,45,47)/t30-,32-,33-,38-/m1/s1. The minimum atomic E-state index is -2.35. The van der Waals surface area contributed by atoms with Crippen molar-refractivity contribution in [2.45, 2.75) is 36.5 Å². The molecule has 7 rings (SSSR count). The Kier molecular flexibility index (Phi) is 9.21. The van der Waals surface area contributed by atoms with Gasteiger partial charge in [-0.1, -0.05) is 72.8 Å². The number of hydrogen-bond acceptors (Lipinski definition) is 9. The smallest absolute Gasteiger partial charge is 0.256 e. The van der Waals surface area contributed by atoms with Crippen LogP contribution in [0.1, 0.15) is 45.9 Å². The molecule has 4 aromatic carbocycles. The van der Waals surface area contributed by atoms with E-state index in [4.69, 9.17) is 18.9 Å². The van der Waals surface area contributed by atoms with E-state index in [1.54, 1.807) is 44.6 Å². The first-order valence-electron chi connectivity index (χ1n) is 16.3. The van der Waals surface area contributed by atoms with Crippen LogP contribution in [0.25, 0.3) is 11.2 Å². The molecule has 3 N–H and O–H groups in total. The number of halogens is 1. The summed E-state index contributed by atoms with van der Waals surface area (Å²) in [6.07, 6.45) is -2.81. The number of fused-ring (bicyclic) bond motifs is 1. The third-order valence-electron chi connectivity index (χ3n) is 9.20. The fourth-order valence-electron chi connectivity index (χ4n) is 6.45.